The summed E-state index contributed by atoms with van der Waals surface area (Å²) in [4.78, 5) is 13.9. The third kappa shape index (κ3) is 4.30. The monoisotopic (exact) mass is 211 g/mol. The first-order valence-corrected chi connectivity index (χ1v) is 4.72. The van der Waals surface area contributed by atoms with E-state index in [0.29, 0.717) is 12.4 Å². The predicted molar refractivity (Wildman–Crippen MR) is 53.3 cm³/mol. The molecule has 0 unspecified atom stereocenters. The highest BCUT2D eigenvalue weighted by atomic mass is 16.7. The standard InChI is InChI=1S/C10H13NO4/c1-2-3-6-14-8-4-5-9(11-7-8)15-10(12)13/h4-5,7H,2-3,6H2,1H3,(H,12,13). The van der Waals surface area contributed by atoms with Crippen molar-refractivity contribution in [2.24, 2.45) is 0 Å². The van der Waals surface area contributed by atoms with Crippen molar-refractivity contribution in [2.75, 3.05) is 6.61 Å². The predicted octanol–water partition coefficient (Wildman–Crippen LogP) is 2.32. The van der Waals surface area contributed by atoms with Crippen molar-refractivity contribution in [2.45, 2.75) is 19.8 Å². The van der Waals surface area contributed by atoms with Crippen molar-refractivity contribution < 1.29 is 19.4 Å². The molecule has 1 aromatic rings. The van der Waals surface area contributed by atoms with E-state index in [0.717, 1.165) is 12.8 Å². The minimum absolute atomic E-state index is 0.0466. The quantitative estimate of drug-likeness (QED) is 0.597. The van der Waals surface area contributed by atoms with Gasteiger partial charge in [0.1, 0.15) is 5.75 Å². The average molecular weight is 211 g/mol. The molecule has 1 heterocycles. The van der Waals surface area contributed by atoms with Crippen molar-refractivity contribution in [1.82, 2.24) is 4.98 Å². The number of unbranched alkanes of at least 4 members (excludes halogenated alkanes) is 1. The van der Waals surface area contributed by atoms with Crippen molar-refractivity contribution in [3.05, 3.63) is 18.3 Å². The van der Waals surface area contributed by atoms with Gasteiger partial charge >= 0.3 is 6.16 Å². The number of hydrogen-bond acceptors (Lipinski definition) is 4. The Morgan fingerprint density at radius 1 is 1.53 bits per heavy atom. The van der Waals surface area contributed by atoms with Crippen LogP contribution < -0.4 is 9.47 Å². The third-order valence-corrected chi connectivity index (χ3v) is 1.67. The Bertz CT molecular complexity index is 310. The van der Waals surface area contributed by atoms with Gasteiger partial charge in [0.15, 0.2) is 0 Å². The van der Waals surface area contributed by atoms with Crippen molar-refractivity contribution in [3.8, 4) is 11.6 Å². The summed E-state index contributed by atoms with van der Waals surface area (Å²) in [5, 5.41) is 8.32. The summed E-state index contributed by atoms with van der Waals surface area (Å²) in [5.74, 6) is 0.659. The fourth-order valence-corrected chi connectivity index (χ4v) is 0.936. The molecule has 0 radical (unpaired) electrons. The smallest absolute Gasteiger partial charge is 0.492 e. The lowest BCUT2D eigenvalue weighted by Gasteiger charge is -2.04. The number of ether oxygens (including phenoxy) is 2. The Kier molecular flexibility index (Phi) is 4.40. The van der Waals surface area contributed by atoms with Gasteiger partial charge in [-0.05, 0) is 12.5 Å². The van der Waals surface area contributed by atoms with Crippen LogP contribution in [-0.2, 0) is 0 Å². The van der Waals surface area contributed by atoms with E-state index in [1.807, 2.05) is 0 Å². The molecule has 82 valence electrons. The first-order chi connectivity index (χ1) is 7.22. The number of pyridine rings is 1. The summed E-state index contributed by atoms with van der Waals surface area (Å²) in [6.07, 6.45) is 2.11. The Balaban J connectivity index is 2.45. The van der Waals surface area contributed by atoms with Crippen LogP contribution in [0.4, 0.5) is 4.79 Å². The number of hydrogen-bond donors (Lipinski definition) is 1. The zero-order valence-corrected chi connectivity index (χ0v) is 8.47. The molecule has 0 saturated heterocycles. The van der Waals surface area contributed by atoms with E-state index in [4.69, 9.17) is 9.84 Å². The van der Waals surface area contributed by atoms with Crippen molar-refractivity contribution in [1.29, 1.82) is 0 Å². The summed E-state index contributed by atoms with van der Waals surface area (Å²) in [7, 11) is 0. The fraction of sp³-hybridized carbons (Fsp3) is 0.400. The van der Waals surface area contributed by atoms with Crippen molar-refractivity contribution >= 4 is 6.16 Å². The molecule has 0 aliphatic carbocycles. The Morgan fingerprint density at radius 2 is 2.33 bits per heavy atom. The molecule has 0 amide bonds. The molecule has 1 aromatic heterocycles. The van der Waals surface area contributed by atoms with E-state index in [1.165, 1.54) is 12.3 Å². The number of carboxylic acid groups (broad SMARTS) is 1. The number of nitrogens with zero attached hydrogens (tertiary/aromatic N) is 1. The highest BCUT2D eigenvalue weighted by molar-refractivity contribution is 5.60. The molecule has 0 atom stereocenters. The second-order valence-corrected chi connectivity index (χ2v) is 2.90. The minimum Gasteiger partial charge on any atom is -0.492 e. The van der Waals surface area contributed by atoms with E-state index < -0.39 is 6.16 Å². The summed E-state index contributed by atoms with van der Waals surface area (Å²) in [6, 6.07) is 3.08. The maximum absolute atomic E-state index is 10.2. The van der Waals surface area contributed by atoms with Gasteiger partial charge in [-0.2, -0.15) is 0 Å². The van der Waals surface area contributed by atoms with Crippen LogP contribution in [0.1, 0.15) is 19.8 Å². The van der Waals surface area contributed by atoms with Crippen LogP contribution in [0.15, 0.2) is 18.3 Å². The maximum atomic E-state index is 10.2. The Morgan fingerprint density at radius 3 is 2.87 bits per heavy atom. The molecule has 0 saturated carbocycles. The molecule has 0 aromatic carbocycles. The second kappa shape index (κ2) is 5.85. The molecule has 0 spiro atoms. The van der Waals surface area contributed by atoms with Gasteiger partial charge in [-0.3, -0.25) is 0 Å². The highest BCUT2D eigenvalue weighted by Gasteiger charge is 2.02. The van der Waals surface area contributed by atoms with Gasteiger partial charge in [0.05, 0.1) is 12.8 Å². The maximum Gasteiger partial charge on any atom is 0.512 e. The first kappa shape index (κ1) is 11.3. The molecular formula is C10H13NO4. The molecule has 0 bridgehead atoms. The molecular weight excluding hydrogens is 198 g/mol. The molecule has 1 N–H and O–H groups in total. The summed E-state index contributed by atoms with van der Waals surface area (Å²) >= 11 is 0. The van der Waals surface area contributed by atoms with Gasteiger partial charge in [0, 0.05) is 6.07 Å². The van der Waals surface area contributed by atoms with Gasteiger partial charge in [0.2, 0.25) is 5.88 Å². The lowest BCUT2D eigenvalue weighted by molar-refractivity contribution is 0.142. The fourth-order valence-electron chi connectivity index (χ4n) is 0.936. The van der Waals surface area contributed by atoms with Crippen LogP contribution in [-0.4, -0.2) is 22.9 Å². The topological polar surface area (TPSA) is 68.7 Å². The molecule has 0 aliphatic rings. The van der Waals surface area contributed by atoms with Gasteiger partial charge < -0.3 is 14.6 Å². The van der Waals surface area contributed by atoms with Gasteiger partial charge in [0.25, 0.3) is 0 Å². The number of rotatable bonds is 5. The third-order valence-electron chi connectivity index (χ3n) is 1.67. The Labute approximate surface area is 87.7 Å². The zero-order chi connectivity index (χ0) is 11.1. The SMILES string of the molecule is CCCCOc1ccc(OC(=O)O)nc1. The van der Waals surface area contributed by atoms with Crippen molar-refractivity contribution in [3.63, 3.8) is 0 Å². The number of carbonyl (C=O) groups is 1. The van der Waals surface area contributed by atoms with Crippen LogP contribution in [0.2, 0.25) is 0 Å². The summed E-state index contributed by atoms with van der Waals surface area (Å²) in [5.41, 5.74) is 0. The normalized spacial score (nSPS) is 9.67. The molecule has 0 fully saturated rings. The average Bonchev–Trinajstić information content (AvgIpc) is 2.20. The van der Waals surface area contributed by atoms with Gasteiger partial charge in [-0.25, -0.2) is 9.78 Å². The van der Waals surface area contributed by atoms with Crippen LogP contribution in [0, 0.1) is 0 Å². The molecule has 5 nitrogen and oxygen atoms in total. The van der Waals surface area contributed by atoms with E-state index in [1.54, 1.807) is 6.07 Å². The van der Waals surface area contributed by atoms with E-state index in [9.17, 15) is 4.79 Å². The largest absolute Gasteiger partial charge is 0.512 e. The minimum atomic E-state index is -1.37. The zero-order valence-electron chi connectivity index (χ0n) is 8.47. The van der Waals surface area contributed by atoms with Crippen LogP contribution >= 0.6 is 0 Å². The van der Waals surface area contributed by atoms with Gasteiger partial charge in [-0.1, -0.05) is 13.3 Å². The van der Waals surface area contributed by atoms with E-state index in [2.05, 4.69) is 16.6 Å². The van der Waals surface area contributed by atoms with Crippen LogP contribution in [0.3, 0.4) is 0 Å². The summed E-state index contributed by atoms with van der Waals surface area (Å²) < 4.78 is 9.69. The second-order valence-electron chi connectivity index (χ2n) is 2.90. The number of aromatic nitrogens is 1. The van der Waals surface area contributed by atoms with Crippen LogP contribution in [0.5, 0.6) is 11.6 Å². The van der Waals surface area contributed by atoms with E-state index >= 15 is 0 Å². The summed E-state index contributed by atoms with van der Waals surface area (Å²) in [6.45, 7) is 2.71. The highest BCUT2D eigenvalue weighted by Crippen LogP contribution is 2.14. The van der Waals surface area contributed by atoms with Crippen LogP contribution in [0.25, 0.3) is 0 Å². The lowest BCUT2D eigenvalue weighted by Crippen LogP contribution is -2.04. The molecule has 5 heteroatoms. The molecule has 1 rings (SSSR count). The van der Waals surface area contributed by atoms with Gasteiger partial charge in [-0.15, -0.1) is 0 Å². The Hall–Kier alpha value is -1.78. The van der Waals surface area contributed by atoms with E-state index in [-0.39, 0.29) is 5.88 Å². The molecule has 15 heavy (non-hydrogen) atoms. The first-order valence-electron chi connectivity index (χ1n) is 4.72. The molecule has 0 aliphatic heterocycles. The lowest BCUT2D eigenvalue weighted by atomic mass is 10.3.